The van der Waals surface area contributed by atoms with Crippen LogP contribution in [0.4, 0.5) is 37.7 Å². The standard InChI is InChI=1S/C21H30F3N3O.C20H29F3N4O/c1-15(2)26-11-13-27(14-12-26)20(28)16-3-7-18(8-4-16)25-19-9-5-17(6-10-19)21(22,23)24;1-14(2)26-9-11-27(12-10-26)19(28)15-3-5-16(6-4-15)25-17-7-8-18(24-13-17)20(21,22)23/h5-6,9-10,15-16,18,25H,3-4,7-8,11-14H2,1-2H3;7-8,13-16,25H,3-6,9-12H2,1-2H3/t16-,18-;15-,16-. The molecule has 0 radical (unpaired) electrons. The third-order valence-electron chi connectivity index (χ3n) is 11.9. The maximum absolute atomic E-state index is 12.8. The lowest BCUT2D eigenvalue weighted by atomic mass is 9.85. The Morgan fingerprint density at radius 1 is 0.571 bits per heavy atom. The van der Waals surface area contributed by atoms with E-state index in [9.17, 15) is 35.9 Å². The summed E-state index contributed by atoms with van der Waals surface area (Å²) in [6, 6.07) is 8.99. The first-order valence-electron chi connectivity index (χ1n) is 20.3. The summed E-state index contributed by atoms with van der Waals surface area (Å²) < 4.78 is 75.7. The van der Waals surface area contributed by atoms with E-state index in [4.69, 9.17) is 0 Å². The Kier molecular flexibility index (Phi) is 15.0. The van der Waals surface area contributed by atoms with Crippen LogP contribution in [-0.4, -0.2) is 113 Å². The van der Waals surface area contributed by atoms with Crippen LogP contribution < -0.4 is 10.6 Å². The Hall–Kier alpha value is -3.59. The van der Waals surface area contributed by atoms with E-state index < -0.39 is 23.6 Å². The van der Waals surface area contributed by atoms with Crippen molar-refractivity contribution in [2.75, 3.05) is 63.0 Å². The molecule has 4 aliphatic rings. The zero-order valence-electron chi connectivity index (χ0n) is 33.1. The molecule has 0 spiro atoms. The zero-order chi connectivity index (χ0) is 40.6. The predicted molar refractivity (Wildman–Crippen MR) is 206 cm³/mol. The van der Waals surface area contributed by atoms with Gasteiger partial charge in [0.15, 0.2) is 0 Å². The van der Waals surface area contributed by atoms with E-state index >= 15 is 0 Å². The molecule has 2 aliphatic carbocycles. The summed E-state index contributed by atoms with van der Waals surface area (Å²) in [6.45, 7) is 15.7. The smallest absolute Gasteiger partial charge is 0.382 e. The normalized spacial score (nSPS) is 24.4. The Morgan fingerprint density at radius 3 is 1.30 bits per heavy atom. The fourth-order valence-electron chi connectivity index (χ4n) is 8.28. The molecule has 2 saturated heterocycles. The summed E-state index contributed by atoms with van der Waals surface area (Å²) in [4.78, 5) is 37.9. The molecule has 1 aromatic heterocycles. The lowest BCUT2D eigenvalue weighted by Gasteiger charge is -2.39. The quantitative estimate of drug-likeness (QED) is 0.264. The number of nitrogens with one attached hydrogen (secondary N) is 2. The lowest BCUT2D eigenvalue weighted by molar-refractivity contribution is -0.141. The van der Waals surface area contributed by atoms with Crippen molar-refractivity contribution in [3.8, 4) is 0 Å². The number of amides is 2. The van der Waals surface area contributed by atoms with Gasteiger partial charge in [-0.2, -0.15) is 26.3 Å². The van der Waals surface area contributed by atoms with E-state index in [2.05, 4.69) is 53.1 Å². The van der Waals surface area contributed by atoms with Crippen molar-refractivity contribution < 1.29 is 35.9 Å². The van der Waals surface area contributed by atoms with Gasteiger partial charge in [-0.1, -0.05) is 0 Å². The topological polar surface area (TPSA) is 84.0 Å². The van der Waals surface area contributed by atoms with E-state index in [0.717, 1.165) is 122 Å². The molecule has 0 unspecified atom stereocenters. The highest BCUT2D eigenvalue weighted by Crippen LogP contribution is 2.33. The van der Waals surface area contributed by atoms with Gasteiger partial charge in [-0.05, 0) is 115 Å². The van der Waals surface area contributed by atoms with Gasteiger partial charge in [0, 0.05) is 94.0 Å². The maximum atomic E-state index is 12.8. The van der Waals surface area contributed by atoms with Crippen LogP contribution in [0.1, 0.15) is 90.3 Å². The van der Waals surface area contributed by atoms with Gasteiger partial charge in [0.1, 0.15) is 5.69 Å². The molecular weight excluding hydrogens is 736 g/mol. The predicted octanol–water partition coefficient (Wildman–Crippen LogP) is 7.85. The van der Waals surface area contributed by atoms with Crippen LogP contribution in [0, 0.1) is 11.8 Å². The van der Waals surface area contributed by atoms with E-state index in [0.29, 0.717) is 23.5 Å². The van der Waals surface area contributed by atoms with Crippen LogP contribution in [0.3, 0.4) is 0 Å². The molecule has 0 atom stereocenters. The molecule has 56 heavy (non-hydrogen) atoms. The maximum Gasteiger partial charge on any atom is 0.433 e. The summed E-state index contributed by atoms with van der Waals surface area (Å²) in [5.74, 6) is 0.681. The van der Waals surface area contributed by atoms with Crippen molar-refractivity contribution in [1.82, 2.24) is 24.6 Å². The highest BCUT2D eigenvalue weighted by molar-refractivity contribution is 5.79. The lowest BCUT2D eigenvalue weighted by Crippen LogP contribution is -2.52. The van der Waals surface area contributed by atoms with E-state index in [-0.39, 0.29) is 35.7 Å². The fourth-order valence-corrected chi connectivity index (χ4v) is 8.28. The average Bonchev–Trinajstić information content (AvgIpc) is 3.18. The highest BCUT2D eigenvalue weighted by Gasteiger charge is 2.35. The summed E-state index contributed by atoms with van der Waals surface area (Å²) in [5, 5.41) is 6.57. The molecular formula is C41H59F6N7O2. The number of aromatic nitrogens is 1. The van der Waals surface area contributed by atoms with Crippen molar-refractivity contribution >= 4 is 23.2 Å². The van der Waals surface area contributed by atoms with Gasteiger partial charge in [0.25, 0.3) is 0 Å². The van der Waals surface area contributed by atoms with Gasteiger partial charge >= 0.3 is 12.4 Å². The van der Waals surface area contributed by atoms with Crippen LogP contribution in [0.2, 0.25) is 0 Å². The Bertz CT molecular complexity index is 1410. The molecule has 1 aromatic carbocycles. The molecule has 3 heterocycles. The van der Waals surface area contributed by atoms with Crippen LogP contribution in [-0.2, 0) is 21.9 Å². The molecule has 2 aliphatic heterocycles. The summed E-state index contributed by atoms with van der Waals surface area (Å²) in [6.07, 6.45) is -0.796. The number of carbonyl (C=O) groups is 2. The van der Waals surface area contributed by atoms with Crippen LogP contribution in [0.25, 0.3) is 0 Å². The second-order valence-electron chi connectivity index (χ2n) is 16.3. The third kappa shape index (κ3) is 12.2. The van der Waals surface area contributed by atoms with E-state index in [1.165, 1.54) is 24.4 Å². The Labute approximate surface area is 327 Å². The summed E-state index contributed by atoms with van der Waals surface area (Å²) >= 11 is 0. The van der Waals surface area contributed by atoms with E-state index in [1.807, 2.05) is 9.80 Å². The van der Waals surface area contributed by atoms with Crippen molar-refractivity contribution in [2.24, 2.45) is 11.8 Å². The number of carbonyl (C=O) groups excluding carboxylic acids is 2. The first-order valence-corrected chi connectivity index (χ1v) is 20.3. The van der Waals surface area contributed by atoms with Crippen molar-refractivity contribution in [2.45, 2.75) is 116 Å². The third-order valence-corrected chi connectivity index (χ3v) is 11.9. The van der Waals surface area contributed by atoms with Crippen LogP contribution in [0.15, 0.2) is 42.6 Å². The summed E-state index contributed by atoms with van der Waals surface area (Å²) in [7, 11) is 0. The largest absolute Gasteiger partial charge is 0.433 e. The van der Waals surface area contributed by atoms with Crippen molar-refractivity contribution in [1.29, 1.82) is 0 Å². The minimum absolute atomic E-state index is 0.0642. The fraction of sp³-hybridized carbons (Fsp3) is 0.683. The molecule has 2 amide bonds. The molecule has 2 aromatic rings. The number of benzene rings is 1. The number of pyridine rings is 1. The average molecular weight is 796 g/mol. The number of hydrogen-bond acceptors (Lipinski definition) is 7. The van der Waals surface area contributed by atoms with Gasteiger partial charge in [0.05, 0.1) is 17.4 Å². The molecule has 6 rings (SSSR count). The van der Waals surface area contributed by atoms with Crippen molar-refractivity contribution in [3.05, 3.63) is 53.9 Å². The molecule has 15 heteroatoms. The molecule has 2 N–H and O–H groups in total. The van der Waals surface area contributed by atoms with Crippen LogP contribution in [0.5, 0.6) is 0 Å². The first-order chi connectivity index (χ1) is 26.5. The number of piperazine rings is 2. The summed E-state index contributed by atoms with van der Waals surface area (Å²) in [5.41, 5.74) is -0.227. The van der Waals surface area contributed by atoms with Gasteiger partial charge < -0.3 is 20.4 Å². The highest BCUT2D eigenvalue weighted by atomic mass is 19.4. The van der Waals surface area contributed by atoms with Gasteiger partial charge in [-0.15, -0.1) is 0 Å². The molecule has 312 valence electrons. The molecule has 2 saturated carbocycles. The number of anilines is 2. The molecule has 9 nitrogen and oxygen atoms in total. The number of halogens is 6. The van der Waals surface area contributed by atoms with Gasteiger partial charge in [-0.3, -0.25) is 19.4 Å². The number of alkyl halides is 6. The number of rotatable bonds is 8. The monoisotopic (exact) mass is 795 g/mol. The second kappa shape index (κ2) is 19.2. The van der Waals surface area contributed by atoms with Gasteiger partial charge in [0.2, 0.25) is 11.8 Å². The minimum Gasteiger partial charge on any atom is -0.382 e. The van der Waals surface area contributed by atoms with Crippen LogP contribution >= 0.6 is 0 Å². The first kappa shape index (κ1) is 43.5. The van der Waals surface area contributed by atoms with Crippen molar-refractivity contribution in [3.63, 3.8) is 0 Å². The number of hydrogen-bond donors (Lipinski definition) is 2. The van der Waals surface area contributed by atoms with Gasteiger partial charge in [-0.25, -0.2) is 4.98 Å². The van der Waals surface area contributed by atoms with E-state index in [1.54, 1.807) is 0 Å². The Morgan fingerprint density at radius 2 is 0.964 bits per heavy atom. The SMILES string of the molecule is CC(C)N1CCN(C(=O)[C@H]2CC[C@H](Nc3ccc(C(F)(F)F)cc3)CC2)CC1.CC(C)N1CCN(C(=O)[C@H]2CC[C@H](Nc3ccc(C(F)(F)F)nc3)CC2)CC1. The minimum atomic E-state index is -4.42. The Balaban J connectivity index is 0.000000214. The molecule has 4 fully saturated rings. The zero-order valence-corrected chi connectivity index (χ0v) is 33.1. The second-order valence-corrected chi connectivity index (χ2v) is 16.3. The number of nitrogens with zero attached hydrogens (tertiary/aromatic N) is 5. The molecule has 0 bridgehead atoms.